The van der Waals surface area contributed by atoms with Crippen molar-refractivity contribution in [1.82, 2.24) is 0 Å². The van der Waals surface area contributed by atoms with E-state index in [4.69, 9.17) is 4.74 Å². The van der Waals surface area contributed by atoms with Crippen LogP contribution < -0.4 is 0 Å². The van der Waals surface area contributed by atoms with Gasteiger partial charge in [-0.15, -0.1) is 0 Å². The van der Waals surface area contributed by atoms with Crippen molar-refractivity contribution < 1.29 is 19.1 Å². The Morgan fingerprint density at radius 3 is 2.68 bits per heavy atom. The number of likely N-dealkylation sites (N-methyl/N-ethyl adjacent to an activating group) is 1. The van der Waals surface area contributed by atoms with E-state index in [-0.39, 0.29) is 6.10 Å². The van der Waals surface area contributed by atoms with Crippen LogP contribution in [0.15, 0.2) is 30.3 Å². The highest BCUT2D eigenvalue weighted by atomic mass is 16.6. The fraction of sp³-hybridized carbons (Fsp3) is 0.533. The van der Waals surface area contributed by atoms with Crippen LogP contribution in [0.4, 0.5) is 0 Å². The minimum atomic E-state index is -1.18. The zero-order valence-corrected chi connectivity index (χ0v) is 11.6. The maximum absolute atomic E-state index is 11.9. The summed E-state index contributed by atoms with van der Waals surface area (Å²) < 4.78 is 6.30. The zero-order chi connectivity index (χ0) is 13.9. The molecule has 1 aliphatic heterocycles. The number of hydrogen-bond acceptors (Lipinski definition) is 3. The number of benzene rings is 1. The highest BCUT2D eigenvalue weighted by Gasteiger charge is 2.31. The quantitative estimate of drug-likeness (QED) is 0.665. The number of piperidine rings is 1. The molecular formula is C15H22NO3+. The van der Waals surface area contributed by atoms with Gasteiger partial charge in [0.1, 0.15) is 6.54 Å². The molecule has 0 saturated carbocycles. The molecule has 0 aromatic heterocycles. The van der Waals surface area contributed by atoms with Gasteiger partial charge in [0.25, 0.3) is 0 Å². The van der Waals surface area contributed by atoms with Crippen LogP contribution in [0.1, 0.15) is 24.5 Å². The summed E-state index contributed by atoms with van der Waals surface area (Å²) in [7, 11) is 4.27. The first-order valence-electron chi connectivity index (χ1n) is 6.73. The molecule has 1 aromatic rings. The van der Waals surface area contributed by atoms with Gasteiger partial charge < -0.3 is 14.3 Å². The van der Waals surface area contributed by atoms with Gasteiger partial charge in [0.15, 0.2) is 12.2 Å². The average molecular weight is 264 g/mol. The molecule has 0 bridgehead atoms. The first-order chi connectivity index (χ1) is 8.98. The van der Waals surface area contributed by atoms with E-state index in [2.05, 4.69) is 14.1 Å². The average Bonchev–Trinajstić information content (AvgIpc) is 2.37. The maximum atomic E-state index is 11.9. The molecule has 2 atom stereocenters. The number of likely N-dealkylation sites (tertiary alicyclic amines) is 1. The topological polar surface area (TPSA) is 46.5 Å². The lowest BCUT2D eigenvalue weighted by molar-refractivity contribution is -0.898. The number of carbonyl (C=O) groups is 1. The maximum Gasteiger partial charge on any atom is 0.340 e. The fourth-order valence-corrected chi connectivity index (χ4v) is 2.58. The number of esters is 1. The Hall–Kier alpha value is -1.39. The van der Waals surface area contributed by atoms with Gasteiger partial charge >= 0.3 is 5.97 Å². The molecular weight excluding hydrogens is 242 g/mol. The first kappa shape index (κ1) is 14.0. The lowest BCUT2D eigenvalue weighted by atomic mass is 10.1. The first-order valence-corrected chi connectivity index (χ1v) is 6.73. The lowest BCUT2D eigenvalue weighted by Crippen LogP contribution is -2.50. The van der Waals surface area contributed by atoms with Crippen LogP contribution >= 0.6 is 0 Å². The van der Waals surface area contributed by atoms with Crippen molar-refractivity contribution in [2.24, 2.45) is 0 Å². The van der Waals surface area contributed by atoms with Gasteiger partial charge in [0.05, 0.1) is 20.6 Å². The Labute approximate surface area is 114 Å². The van der Waals surface area contributed by atoms with E-state index in [1.807, 2.05) is 6.07 Å². The number of carbonyl (C=O) groups excluding carboxylic acids is 1. The molecule has 1 aromatic carbocycles. The molecule has 104 valence electrons. The van der Waals surface area contributed by atoms with Crippen LogP contribution in [0, 0.1) is 0 Å². The third-order valence-corrected chi connectivity index (χ3v) is 3.61. The largest absolute Gasteiger partial charge is 0.454 e. The van der Waals surface area contributed by atoms with Gasteiger partial charge in [-0.25, -0.2) is 4.79 Å². The van der Waals surface area contributed by atoms with E-state index >= 15 is 0 Å². The molecule has 19 heavy (non-hydrogen) atoms. The highest BCUT2D eigenvalue weighted by molar-refractivity contribution is 5.76. The summed E-state index contributed by atoms with van der Waals surface area (Å²) in [6.45, 7) is 1.92. The summed E-state index contributed by atoms with van der Waals surface area (Å²) >= 11 is 0. The number of rotatable bonds is 3. The number of hydrogen-bond donors (Lipinski definition) is 1. The fourth-order valence-electron chi connectivity index (χ4n) is 2.58. The number of aliphatic hydroxyl groups excluding tert-OH is 1. The highest BCUT2D eigenvalue weighted by Crippen LogP contribution is 2.20. The van der Waals surface area contributed by atoms with Gasteiger partial charge in [-0.2, -0.15) is 0 Å². The van der Waals surface area contributed by atoms with E-state index in [9.17, 15) is 9.90 Å². The molecule has 4 heteroatoms. The third-order valence-electron chi connectivity index (χ3n) is 3.61. The molecule has 0 spiro atoms. The van der Waals surface area contributed by atoms with Gasteiger partial charge in [-0.3, -0.25) is 0 Å². The van der Waals surface area contributed by atoms with Gasteiger partial charge in [0.2, 0.25) is 0 Å². The predicted molar refractivity (Wildman–Crippen MR) is 72.4 cm³/mol. The Kier molecular flexibility index (Phi) is 4.22. The second kappa shape index (κ2) is 5.72. The molecule has 0 radical (unpaired) electrons. The summed E-state index contributed by atoms with van der Waals surface area (Å²) in [5.74, 6) is -0.543. The molecule has 2 rings (SSSR count). The summed E-state index contributed by atoms with van der Waals surface area (Å²) in [4.78, 5) is 11.9. The van der Waals surface area contributed by atoms with Crippen molar-refractivity contribution in [3.8, 4) is 0 Å². The van der Waals surface area contributed by atoms with Crippen molar-refractivity contribution in [3.05, 3.63) is 35.9 Å². The molecule has 0 unspecified atom stereocenters. The van der Waals surface area contributed by atoms with E-state index in [1.165, 1.54) is 0 Å². The standard InChI is InChI=1S/C15H22NO3/c1-16(2)10-6-9-13(11-16)19-15(18)14(17)12-7-4-3-5-8-12/h3-5,7-8,13-14,17H,6,9-11H2,1-2H3/q+1/t13-,14+/m1/s1. The molecule has 1 N–H and O–H groups in total. The Balaban J connectivity index is 1.94. The molecule has 4 nitrogen and oxygen atoms in total. The molecule has 0 amide bonds. The zero-order valence-electron chi connectivity index (χ0n) is 11.6. The second-order valence-corrected chi connectivity index (χ2v) is 5.86. The summed E-state index contributed by atoms with van der Waals surface area (Å²) in [5, 5.41) is 9.97. The molecule has 1 saturated heterocycles. The van der Waals surface area contributed by atoms with Crippen molar-refractivity contribution in [1.29, 1.82) is 0 Å². The van der Waals surface area contributed by atoms with Crippen LogP contribution in [-0.2, 0) is 9.53 Å². The number of aliphatic hydroxyl groups is 1. The van der Waals surface area contributed by atoms with E-state index < -0.39 is 12.1 Å². The lowest BCUT2D eigenvalue weighted by Gasteiger charge is -2.37. The summed E-state index contributed by atoms with van der Waals surface area (Å²) in [6, 6.07) is 8.90. The Morgan fingerprint density at radius 2 is 2.05 bits per heavy atom. The summed E-state index contributed by atoms with van der Waals surface area (Å²) in [6.07, 6.45) is 0.662. The van der Waals surface area contributed by atoms with Gasteiger partial charge in [-0.1, -0.05) is 30.3 Å². The van der Waals surface area contributed by atoms with Gasteiger partial charge in [-0.05, 0) is 12.0 Å². The summed E-state index contributed by atoms with van der Waals surface area (Å²) in [5.41, 5.74) is 0.581. The van der Waals surface area contributed by atoms with E-state index in [0.717, 1.165) is 30.4 Å². The van der Waals surface area contributed by atoms with Crippen molar-refractivity contribution in [2.75, 3.05) is 27.2 Å². The molecule has 0 aliphatic carbocycles. The van der Waals surface area contributed by atoms with E-state index in [1.54, 1.807) is 24.3 Å². The number of ether oxygens (including phenoxy) is 1. The van der Waals surface area contributed by atoms with Gasteiger partial charge in [0, 0.05) is 6.42 Å². The predicted octanol–water partition coefficient (Wildman–Crippen LogP) is 1.50. The molecule has 1 aliphatic rings. The Morgan fingerprint density at radius 1 is 1.37 bits per heavy atom. The molecule has 1 fully saturated rings. The van der Waals surface area contributed by atoms with Crippen LogP contribution in [0.5, 0.6) is 0 Å². The van der Waals surface area contributed by atoms with Crippen LogP contribution in [0.25, 0.3) is 0 Å². The Bertz CT molecular complexity index is 430. The molecule has 1 heterocycles. The van der Waals surface area contributed by atoms with E-state index in [0.29, 0.717) is 5.56 Å². The SMILES string of the molecule is C[N+]1(C)CCC[C@@H](OC(=O)[C@@H](O)c2ccccc2)C1. The van der Waals surface area contributed by atoms with Crippen molar-refractivity contribution >= 4 is 5.97 Å². The minimum absolute atomic E-state index is 0.0883. The normalized spacial score (nSPS) is 23.6. The van der Waals surface area contributed by atoms with Crippen molar-refractivity contribution in [3.63, 3.8) is 0 Å². The monoisotopic (exact) mass is 264 g/mol. The van der Waals surface area contributed by atoms with Crippen LogP contribution in [-0.4, -0.2) is 48.8 Å². The van der Waals surface area contributed by atoms with Crippen molar-refractivity contribution in [2.45, 2.75) is 25.0 Å². The number of nitrogens with zero attached hydrogens (tertiary/aromatic N) is 1. The van der Waals surface area contributed by atoms with Crippen LogP contribution in [0.3, 0.4) is 0 Å². The van der Waals surface area contributed by atoms with Crippen LogP contribution in [0.2, 0.25) is 0 Å². The minimum Gasteiger partial charge on any atom is -0.454 e. The smallest absolute Gasteiger partial charge is 0.340 e. The third kappa shape index (κ3) is 3.78. The second-order valence-electron chi connectivity index (χ2n) is 5.86. The number of quaternary nitrogens is 1.